The zero-order valence-corrected chi connectivity index (χ0v) is 12.6. The van der Waals surface area contributed by atoms with Crippen molar-refractivity contribution in [1.29, 1.82) is 0 Å². The van der Waals surface area contributed by atoms with Crippen molar-refractivity contribution < 1.29 is 19.7 Å². The van der Waals surface area contributed by atoms with Crippen LogP contribution in [0.2, 0.25) is 0 Å². The number of fused-ring (bicyclic) bond motifs is 1. The molecule has 3 aliphatic rings. The highest BCUT2D eigenvalue weighted by Gasteiger charge is 2.68. The van der Waals surface area contributed by atoms with E-state index in [9.17, 15) is 10.2 Å². The molecule has 0 aromatic heterocycles. The summed E-state index contributed by atoms with van der Waals surface area (Å²) in [7, 11) is 1.63. The summed E-state index contributed by atoms with van der Waals surface area (Å²) in [5, 5.41) is 21.2. The third-order valence-electron chi connectivity index (χ3n) is 6.49. The lowest BCUT2D eigenvalue weighted by molar-refractivity contribution is -0.175. The molecule has 4 nitrogen and oxygen atoms in total. The van der Waals surface area contributed by atoms with Gasteiger partial charge in [0.15, 0.2) is 6.29 Å². The summed E-state index contributed by atoms with van der Waals surface area (Å²) < 4.78 is 11.2. The average molecular weight is 282 g/mol. The maximum Gasteiger partial charge on any atom is 0.169 e. The van der Waals surface area contributed by atoms with Crippen LogP contribution in [0.5, 0.6) is 0 Å². The van der Waals surface area contributed by atoms with Crippen LogP contribution in [0, 0.1) is 22.7 Å². The molecule has 1 saturated heterocycles. The monoisotopic (exact) mass is 282 g/mol. The molecular formula is C16H26O4. The molecule has 20 heavy (non-hydrogen) atoms. The van der Waals surface area contributed by atoms with Gasteiger partial charge in [0.2, 0.25) is 0 Å². The molecule has 0 aromatic rings. The average Bonchev–Trinajstić information content (AvgIpc) is 2.82. The van der Waals surface area contributed by atoms with Crippen LogP contribution in [0.15, 0.2) is 12.2 Å². The summed E-state index contributed by atoms with van der Waals surface area (Å²) in [4.78, 5) is 0. The fraction of sp³-hybridized carbons (Fsp3) is 0.875. The maximum atomic E-state index is 11.2. The lowest BCUT2D eigenvalue weighted by Gasteiger charge is -2.47. The van der Waals surface area contributed by atoms with Gasteiger partial charge in [0.05, 0.1) is 24.2 Å². The molecule has 1 aliphatic heterocycles. The Morgan fingerprint density at radius 2 is 2.05 bits per heavy atom. The van der Waals surface area contributed by atoms with Gasteiger partial charge in [-0.05, 0) is 36.7 Å². The second-order valence-electron chi connectivity index (χ2n) is 7.22. The van der Waals surface area contributed by atoms with Gasteiger partial charge in [0, 0.05) is 12.5 Å². The molecule has 1 spiro atoms. The Bertz CT molecular complexity index is 423. The minimum atomic E-state index is -0.526. The van der Waals surface area contributed by atoms with E-state index in [1.54, 1.807) is 7.11 Å². The summed E-state index contributed by atoms with van der Waals surface area (Å²) in [6, 6.07) is 0. The predicted octanol–water partition coefficient (Wildman–Crippen LogP) is 1.71. The van der Waals surface area contributed by atoms with Crippen LogP contribution < -0.4 is 0 Å². The third kappa shape index (κ3) is 1.56. The van der Waals surface area contributed by atoms with E-state index in [4.69, 9.17) is 9.47 Å². The van der Waals surface area contributed by atoms with Gasteiger partial charge in [-0.3, -0.25) is 0 Å². The van der Waals surface area contributed by atoms with Gasteiger partial charge in [0.25, 0.3) is 0 Å². The summed E-state index contributed by atoms with van der Waals surface area (Å²) in [6.45, 7) is 8.89. The van der Waals surface area contributed by atoms with Crippen LogP contribution in [0.25, 0.3) is 0 Å². The fourth-order valence-electron chi connectivity index (χ4n) is 5.08. The Morgan fingerprint density at radius 3 is 2.70 bits per heavy atom. The molecule has 1 heterocycles. The Balaban J connectivity index is 2.03. The van der Waals surface area contributed by atoms with Gasteiger partial charge in [-0.1, -0.05) is 20.4 Å². The van der Waals surface area contributed by atoms with Crippen LogP contribution in [-0.2, 0) is 9.47 Å². The molecule has 2 N–H and O–H groups in total. The van der Waals surface area contributed by atoms with Crippen LogP contribution >= 0.6 is 0 Å². The molecule has 3 rings (SSSR count). The number of hydrogen-bond donors (Lipinski definition) is 2. The number of rotatable bonds is 1. The number of hydrogen-bond acceptors (Lipinski definition) is 4. The molecule has 0 aromatic carbocycles. The van der Waals surface area contributed by atoms with Crippen molar-refractivity contribution in [3.8, 4) is 0 Å². The molecule has 7 atom stereocenters. The van der Waals surface area contributed by atoms with E-state index in [0.717, 1.165) is 24.8 Å². The van der Waals surface area contributed by atoms with Crippen LogP contribution in [0.4, 0.5) is 0 Å². The molecular weight excluding hydrogens is 256 g/mol. The van der Waals surface area contributed by atoms with E-state index in [1.807, 2.05) is 0 Å². The molecule has 114 valence electrons. The highest BCUT2D eigenvalue weighted by molar-refractivity contribution is 5.27. The first-order valence-corrected chi connectivity index (χ1v) is 7.56. The molecule has 4 heteroatoms. The lowest BCUT2D eigenvalue weighted by atomic mass is 9.61. The van der Waals surface area contributed by atoms with Crippen LogP contribution in [0.1, 0.15) is 33.1 Å². The van der Waals surface area contributed by atoms with Crippen molar-refractivity contribution >= 4 is 0 Å². The lowest BCUT2D eigenvalue weighted by Crippen LogP contribution is -2.50. The first-order chi connectivity index (χ1) is 9.37. The first-order valence-electron chi connectivity index (χ1n) is 7.56. The summed E-state index contributed by atoms with van der Waals surface area (Å²) in [6.07, 6.45) is 1.10. The smallest absolute Gasteiger partial charge is 0.169 e. The van der Waals surface area contributed by atoms with E-state index >= 15 is 0 Å². The highest BCUT2D eigenvalue weighted by atomic mass is 16.7. The van der Waals surface area contributed by atoms with Crippen molar-refractivity contribution in [3.63, 3.8) is 0 Å². The molecule has 1 unspecified atom stereocenters. The van der Waals surface area contributed by atoms with E-state index in [-0.39, 0.29) is 23.4 Å². The highest BCUT2D eigenvalue weighted by Crippen LogP contribution is 2.66. The Morgan fingerprint density at radius 1 is 1.35 bits per heavy atom. The van der Waals surface area contributed by atoms with Crippen molar-refractivity contribution in [1.82, 2.24) is 0 Å². The zero-order valence-electron chi connectivity index (χ0n) is 12.6. The first kappa shape index (κ1) is 14.5. The molecule has 2 aliphatic carbocycles. The zero-order chi connectivity index (χ0) is 14.7. The van der Waals surface area contributed by atoms with Gasteiger partial charge in [0.1, 0.15) is 0 Å². The second-order valence-corrected chi connectivity index (χ2v) is 7.22. The Kier molecular flexibility index (Phi) is 3.29. The summed E-state index contributed by atoms with van der Waals surface area (Å²) >= 11 is 0. The van der Waals surface area contributed by atoms with Crippen molar-refractivity contribution in [2.75, 3.05) is 13.7 Å². The van der Waals surface area contributed by atoms with Gasteiger partial charge >= 0.3 is 0 Å². The van der Waals surface area contributed by atoms with Crippen LogP contribution in [0.3, 0.4) is 0 Å². The van der Waals surface area contributed by atoms with Crippen LogP contribution in [-0.4, -0.2) is 42.4 Å². The maximum absolute atomic E-state index is 11.2. The molecule has 0 radical (unpaired) electrons. The standard InChI is InChI=1S/C16H26O4/c1-9-5-12(17)6-11-7-16(13(18)15(9,11)3)10(2)8-20-14(16)19-4/h9,11-14,17-18H,2,5-8H2,1,3-4H3/t9-,11+,12-,13-,14-,15+,16?/m1/s1. The van der Waals surface area contributed by atoms with Gasteiger partial charge in [-0.25, -0.2) is 0 Å². The summed E-state index contributed by atoms with van der Waals surface area (Å²) in [5.41, 5.74) is 0.230. The van der Waals surface area contributed by atoms with Crippen molar-refractivity contribution in [2.24, 2.45) is 22.7 Å². The van der Waals surface area contributed by atoms with Crippen molar-refractivity contribution in [2.45, 2.75) is 51.6 Å². The van der Waals surface area contributed by atoms with Gasteiger partial charge in [-0.2, -0.15) is 0 Å². The third-order valence-corrected chi connectivity index (χ3v) is 6.49. The van der Waals surface area contributed by atoms with E-state index in [1.165, 1.54) is 0 Å². The minimum Gasteiger partial charge on any atom is -0.393 e. The second kappa shape index (κ2) is 4.54. The Labute approximate surface area is 120 Å². The number of aliphatic hydroxyl groups excluding tert-OH is 2. The number of aliphatic hydroxyl groups is 2. The molecule has 3 fully saturated rings. The topological polar surface area (TPSA) is 58.9 Å². The van der Waals surface area contributed by atoms with E-state index in [0.29, 0.717) is 6.61 Å². The minimum absolute atomic E-state index is 0.202. The number of methoxy groups -OCH3 is 1. The largest absolute Gasteiger partial charge is 0.393 e. The molecule has 2 saturated carbocycles. The predicted molar refractivity (Wildman–Crippen MR) is 74.9 cm³/mol. The van der Waals surface area contributed by atoms with E-state index < -0.39 is 17.8 Å². The number of ether oxygens (including phenoxy) is 2. The fourth-order valence-corrected chi connectivity index (χ4v) is 5.08. The summed E-state index contributed by atoms with van der Waals surface area (Å²) in [5.74, 6) is 0.559. The molecule has 0 amide bonds. The Hall–Kier alpha value is -0.420. The van der Waals surface area contributed by atoms with Gasteiger partial charge < -0.3 is 19.7 Å². The van der Waals surface area contributed by atoms with E-state index in [2.05, 4.69) is 20.4 Å². The molecule has 0 bridgehead atoms. The normalized spacial score (nSPS) is 55.5. The van der Waals surface area contributed by atoms with Gasteiger partial charge in [-0.15, -0.1) is 0 Å². The van der Waals surface area contributed by atoms with Crippen molar-refractivity contribution in [3.05, 3.63) is 12.2 Å². The SMILES string of the molecule is C=C1CO[C@@H](OC)C12C[C@@H]1C[C@H](O)C[C@@H](C)[C@]1(C)[C@H]2O. The quantitative estimate of drug-likeness (QED) is 0.719.